The first kappa shape index (κ1) is 18.4. The summed E-state index contributed by atoms with van der Waals surface area (Å²) in [7, 11) is 0. The molecule has 3 aromatic carbocycles. The predicted molar refractivity (Wildman–Crippen MR) is 105 cm³/mol. The Kier molecular flexibility index (Phi) is 6.01. The Morgan fingerprint density at radius 3 is 2.63 bits per heavy atom. The number of amides is 1. The Bertz CT molecular complexity index is 994. The highest BCUT2D eigenvalue weighted by Crippen LogP contribution is 2.18. The van der Waals surface area contributed by atoms with Gasteiger partial charge in [-0.1, -0.05) is 48.5 Å². The van der Waals surface area contributed by atoms with E-state index in [9.17, 15) is 9.18 Å². The number of fused-ring (bicyclic) bond motifs is 1. The maximum absolute atomic E-state index is 13.5. The molecule has 0 unspecified atom stereocenters. The minimum atomic E-state index is -0.554. The second-order valence-corrected chi connectivity index (χ2v) is 6.23. The van der Waals surface area contributed by atoms with Crippen LogP contribution in [0.2, 0.25) is 0 Å². The first-order valence-electron chi connectivity index (χ1n) is 8.84. The van der Waals surface area contributed by atoms with Crippen LogP contribution in [-0.2, 0) is 11.2 Å². The van der Waals surface area contributed by atoms with Gasteiger partial charge < -0.3 is 10.6 Å². The van der Waals surface area contributed by atoms with E-state index in [1.165, 1.54) is 16.8 Å². The molecule has 27 heavy (non-hydrogen) atoms. The van der Waals surface area contributed by atoms with E-state index in [0.29, 0.717) is 31.6 Å². The van der Waals surface area contributed by atoms with E-state index >= 15 is 0 Å². The molecule has 0 spiro atoms. The van der Waals surface area contributed by atoms with E-state index in [1.807, 2.05) is 24.3 Å². The molecule has 0 heterocycles. The molecule has 0 atom stereocenters. The number of carbonyl (C=O) groups is 1. The monoisotopic (exact) mass is 361 g/mol. The molecule has 0 aliphatic carbocycles. The van der Waals surface area contributed by atoms with Crippen molar-refractivity contribution in [3.8, 4) is 6.07 Å². The Morgan fingerprint density at radius 1 is 1.00 bits per heavy atom. The average Bonchev–Trinajstić information content (AvgIpc) is 2.69. The maximum atomic E-state index is 13.5. The third-order valence-electron chi connectivity index (χ3n) is 4.34. The number of nitrogens with one attached hydrogen (secondary N) is 2. The van der Waals surface area contributed by atoms with Crippen molar-refractivity contribution in [3.63, 3.8) is 0 Å². The summed E-state index contributed by atoms with van der Waals surface area (Å²) in [5.41, 5.74) is 1.54. The van der Waals surface area contributed by atoms with Gasteiger partial charge in [0.1, 0.15) is 17.4 Å². The second kappa shape index (κ2) is 8.81. The summed E-state index contributed by atoms with van der Waals surface area (Å²) in [5.74, 6) is -0.591. The highest BCUT2D eigenvalue weighted by atomic mass is 19.1. The molecule has 3 aromatic rings. The molecule has 5 heteroatoms. The van der Waals surface area contributed by atoms with Crippen molar-refractivity contribution >= 4 is 22.4 Å². The minimum Gasteiger partial charge on any atom is -0.382 e. The van der Waals surface area contributed by atoms with Crippen LogP contribution in [0.15, 0.2) is 60.7 Å². The number of hydrogen-bond acceptors (Lipinski definition) is 3. The van der Waals surface area contributed by atoms with Gasteiger partial charge in [0.15, 0.2) is 0 Å². The molecule has 0 radical (unpaired) electrons. The molecular weight excluding hydrogens is 341 g/mol. The molecule has 0 saturated heterocycles. The number of benzene rings is 3. The Morgan fingerprint density at radius 2 is 1.81 bits per heavy atom. The normalized spacial score (nSPS) is 10.4. The fraction of sp³-hybridized carbons (Fsp3) is 0.182. The number of aryl methyl sites for hydroxylation is 1. The van der Waals surface area contributed by atoms with Crippen LogP contribution in [0.5, 0.6) is 0 Å². The fourth-order valence-corrected chi connectivity index (χ4v) is 2.92. The first-order chi connectivity index (χ1) is 13.2. The van der Waals surface area contributed by atoms with Gasteiger partial charge in [-0.05, 0) is 34.9 Å². The topological polar surface area (TPSA) is 64.9 Å². The molecule has 0 saturated carbocycles. The summed E-state index contributed by atoms with van der Waals surface area (Å²) in [6.07, 6.45) is 1.08. The maximum Gasteiger partial charge on any atom is 0.220 e. The number of anilines is 1. The number of carbonyl (C=O) groups excluding carboxylic acids is 1. The van der Waals surface area contributed by atoms with E-state index in [-0.39, 0.29) is 11.5 Å². The van der Waals surface area contributed by atoms with E-state index < -0.39 is 5.82 Å². The predicted octanol–water partition coefficient (Wildman–Crippen LogP) is 4.01. The first-order valence-corrected chi connectivity index (χ1v) is 8.84. The van der Waals surface area contributed by atoms with E-state index in [4.69, 9.17) is 5.26 Å². The number of rotatable bonds is 7. The Hall–Kier alpha value is -3.39. The van der Waals surface area contributed by atoms with Crippen LogP contribution in [-0.4, -0.2) is 19.0 Å². The van der Waals surface area contributed by atoms with Gasteiger partial charge in [0.2, 0.25) is 5.91 Å². The second-order valence-electron chi connectivity index (χ2n) is 6.23. The molecule has 0 fully saturated rings. The highest BCUT2D eigenvalue weighted by Gasteiger charge is 2.07. The van der Waals surface area contributed by atoms with E-state index in [1.54, 1.807) is 12.1 Å². The molecule has 0 bridgehead atoms. The van der Waals surface area contributed by atoms with Crippen molar-refractivity contribution < 1.29 is 9.18 Å². The van der Waals surface area contributed by atoms with Gasteiger partial charge in [0, 0.05) is 19.5 Å². The molecule has 0 aliphatic rings. The van der Waals surface area contributed by atoms with Crippen LogP contribution in [0.1, 0.15) is 17.5 Å². The van der Waals surface area contributed by atoms with Crippen molar-refractivity contribution in [2.45, 2.75) is 12.8 Å². The van der Waals surface area contributed by atoms with E-state index in [2.05, 4.69) is 34.9 Å². The van der Waals surface area contributed by atoms with Gasteiger partial charge >= 0.3 is 0 Å². The SMILES string of the molecule is N#Cc1c(F)cccc1NCCNC(=O)CCc1ccc2ccccc2c1. The fourth-order valence-electron chi connectivity index (χ4n) is 2.92. The van der Waals surface area contributed by atoms with Crippen molar-refractivity contribution in [1.29, 1.82) is 5.26 Å². The lowest BCUT2D eigenvalue weighted by molar-refractivity contribution is -0.120. The molecule has 136 valence electrons. The van der Waals surface area contributed by atoms with Crippen LogP contribution in [0, 0.1) is 17.1 Å². The number of hydrogen-bond donors (Lipinski definition) is 2. The third kappa shape index (κ3) is 4.83. The minimum absolute atomic E-state index is 0.0138. The molecule has 0 aliphatic heterocycles. The van der Waals surface area contributed by atoms with Gasteiger partial charge in [0.05, 0.1) is 5.69 Å². The summed E-state index contributed by atoms with van der Waals surface area (Å²) < 4.78 is 13.5. The number of nitriles is 1. The van der Waals surface area contributed by atoms with Gasteiger partial charge in [0.25, 0.3) is 0 Å². The van der Waals surface area contributed by atoms with Crippen molar-refractivity contribution in [1.82, 2.24) is 5.32 Å². The van der Waals surface area contributed by atoms with E-state index in [0.717, 1.165) is 5.56 Å². The molecular formula is C22H20FN3O. The van der Waals surface area contributed by atoms with Crippen LogP contribution in [0.25, 0.3) is 10.8 Å². The standard InChI is InChI=1S/C22H20FN3O/c23-20-6-3-7-21(19(20)15-24)25-12-13-26-22(27)11-9-16-8-10-17-4-1-2-5-18(17)14-16/h1-8,10,14,25H,9,11-13H2,(H,26,27). The Labute approximate surface area is 157 Å². The molecule has 4 nitrogen and oxygen atoms in total. The molecule has 0 aromatic heterocycles. The van der Waals surface area contributed by atoms with Crippen molar-refractivity contribution in [2.24, 2.45) is 0 Å². The van der Waals surface area contributed by atoms with Crippen LogP contribution < -0.4 is 10.6 Å². The van der Waals surface area contributed by atoms with Crippen LogP contribution in [0.4, 0.5) is 10.1 Å². The zero-order valence-electron chi connectivity index (χ0n) is 14.8. The lowest BCUT2D eigenvalue weighted by Gasteiger charge is -2.10. The van der Waals surface area contributed by atoms with Gasteiger partial charge in [-0.15, -0.1) is 0 Å². The third-order valence-corrected chi connectivity index (χ3v) is 4.34. The van der Waals surface area contributed by atoms with Gasteiger partial charge in [-0.2, -0.15) is 5.26 Å². The number of nitrogens with zero attached hydrogens (tertiary/aromatic N) is 1. The lowest BCUT2D eigenvalue weighted by Crippen LogP contribution is -2.29. The quantitative estimate of drug-likeness (QED) is 0.625. The lowest BCUT2D eigenvalue weighted by atomic mass is 10.0. The summed E-state index contributed by atoms with van der Waals surface area (Å²) in [4.78, 5) is 12.0. The zero-order valence-corrected chi connectivity index (χ0v) is 14.8. The van der Waals surface area contributed by atoms with Crippen LogP contribution in [0.3, 0.4) is 0 Å². The van der Waals surface area contributed by atoms with Crippen molar-refractivity contribution in [3.05, 3.63) is 77.6 Å². The zero-order chi connectivity index (χ0) is 19.1. The van der Waals surface area contributed by atoms with Crippen LogP contribution >= 0.6 is 0 Å². The largest absolute Gasteiger partial charge is 0.382 e. The summed E-state index contributed by atoms with van der Waals surface area (Å²) in [6.45, 7) is 0.817. The number of halogens is 1. The average molecular weight is 361 g/mol. The Balaban J connectivity index is 1.43. The van der Waals surface area contributed by atoms with Gasteiger partial charge in [-0.3, -0.25) is 4.79 Å². The smallest absolute Gasteiger partial charge is 0.220 e. The molecule has 1 amide bonds. The molecule has 2 N–H and O–H groups in total. The summed E-state index contributed by atoms with van der Waals surface area (Å²) in [6, 6.07) is 20.6. The summed E-state index contributed by atoms with van der Waals surface area (Å²) >= 11 is 0. The highest BCUT2D eigenvalue weighted by molar-refractivity contribution is 5.83. The molecule has 3 rings (SSSR count). The van der Waals surface area contributed by atoms with Gasteiger partial charge in [-0.25, -0.2) is 4.39 Å². The van der Waals surface area contributed by atoms with Crippen molar-refractivity contribution in [2.75, 3.05) is 18.4 Å². The summed E-state index contributed by atoms with van der Waals surface area (Å²) in [5, 5.41) is 17.2.